The van der Waals surface area contributed by atoms with Crippen molar-refractivity contribution in [1.82, 2.24) is 5.32 Å². The maximum Gasteiger partial charge on any atom is 0.189 e. The normalized spacial score (nSPS) is 23.5. The molecule has 0 saturated heterocycles. The van der Waals surface area contributed by atoms with Crippen LogP contribution in [0.1, 0.15) is 18.9 Å². The largest absolute Gasteiger partial charge is 0.370 e. The highest BCUT2D eigenvalue weighted by molar-refractivity contribution is 5.84. The number of hydrogen-bond acceptors (Lipinski definition) is 3. The van der Waals surface area contributed by atoms with Crippen LogP contribution < -0.4 is 11.1 Å². The van der Waals surface area contributed by atoms with E-state index >= 15 is 0 Å². The molecule has 18 heavy (non-hydrogen) atoms. The molecule has 0 fully saturated rings. The van der Waals surface area contributed by atoms with E-state index in [1.54, 1.807) is 0 Å². The van der Waals surface area contributed by atoms with E-state index in [1.165, 1.54) is 16.3 Å². The lowest BCUT2D eigenvalue weighted by atomic mass is 9.87. The molecule has 0 aliphatic carbocycles. The van der Waals surface area contributed by atoms with Crippen LogP contribution >= 0.6 is 0 Å². The van der Waals surface area contributed by atoms with E-state index < -0.39 is 0 Å². The van der Waals surface area contributed by atoms with Crippen molar-refractivity contribution in [3.63, 3.8) is 0 Å². The summed E-state index contributed by atoms with van der Waals surface area (Å²) in [6, 6.07) is 14.9. The molecule has 2 aromatic carbocycles. The van der Waals surface area contributed by atoms with Gasteiger partial charge < -0.3 is 11.1 Å². The maximum atomic E-state index is 5.80. The monoisotopic (exact) mass is 239 g/mol. The molecule has 1 aliphatic heterocycles. The van der Waals surface area contributed by atoms with Crippen LogP contribution in [-0.4, -0.2) is 12.5 Å². The smallest absolute Gasteiger partial charge is 0.189 e. The van der Waals surface area contributed by atoms with Crippen LogP contribution in [-0.2, 0) is 5.54 Å². The van der Waals surface area contributed by atoms with E-state index in [0.717, 1.165) is 13.0 Å². The molecule has 0 aromatic heterocycles. The molecule has 0 bridgehead atoms. The lowest BCUT2D eigenvalue weighted by Gasteiger charge is -2.30. The summed E-state index contributed by atoms with van der Waals surface area (Å²) in [7, 11) is 0. The second-order valence-electron chi connectivity index (χ2n) is 5.01. The Bertz CT molecular complexity index is 618. The zero-order valence-electron chi connectivity index (χ0n) is 10.5. The number of benzene rings is 2. The summed E-state index contributed by atoms with van der Waals surface area (Å²) < 4.78 is 0. The highest BCUT2D eigenvalue weighted by Gasteiger charge is 2.28. The number of nitrogens with one attached hydrogen (secondary N) is 1. The van der Waals surface area contributed by atoms with Gasteiger partial charge in [-0.1, -0.05) is 36.4 Å². The SMILES string of the molecule is CC1(c2ccc3ccccc3c2)CCNC(N)=N1. The third-order valence-corrected chi connectivity index (χ3v) is 3.66. The summed E-state index contributed by atoms with van der Waals surface area (Å²) in [6.07, 6.45) is 0.964. The first-order valence-corrected chi connectivity index (χ1v) is 6.26. The van der Waals surface area contributed by atoms with E-state index in [0.29, 0.717) is 5.96 Å². The minimum absolute atomic E-state index is 0.209. The molecule has 1 heterocycles. The number of rotatable bonds is 1. The van der Waals surface area contributed by atoms with Crippen LogP contribution in [0.5, 0.6) is 0 Å². The Morgan fingerprint density at radius 3 is 2.72 bits per heavy atom. The van der Waals surface area contributed by atoms with Gasteiger partial charge in [-0.15, -0.1) is 0 Å². The van der Waals surface area contributed by atoms with Gasteiger partial charge in [0.25, 0.3) is 0 Å². The van der Waals surface area contributed by atoms with Crippen molar-refractivity contribution in [3.05, 3.63) is 48.0 Å². The van der Waals surface area contributed by atoms with Crippen molar-refractivity contribution in [2.45, 2.75) is 18.9 Å². The molecule has 0 spiro atoms. The van der Waals surface area contributed by atoms with Crippen molar-refractivity contribution in [3.8, 4) is 0 Å². The molecular weight excluding hydrogens is 222 g/mol. The minimum Gasteiger partial charge on any atom is -0.370 e. The number of guanidine groups is 1. The van der Waals surface area contributed by atoms with Crippen molar-refractivity contribution in [2.24, 2.45) is 10.7 Å². The first-order valence-electron chi connectivity index (χ1n) is 6.26. The van der Waals surface area contributed by atoms with Gasteiger partial charge in [-0.05, 0) is 35.7 Å². The molecule has 3 rings (SSSR count). The van der Waals surface area contributed by atoms with Crippen molar-refractivity contribution in [2.75, 3.05) is 6.54 Å². The Morgan fingerprint density at radius 2 is 1.94 bits per heavy atom. The van der Waals surface area contributed by atoms with Gasteiger partial charge in [0, 0.05) is 6.54 Å². The number of fused-ring (bicyclic) bond motifs is 1. The summed E-state index contributed by atoms with van der Waals surface area (Å²) in [5.74, 6) is 0.539. The van der Waals surface area contributed by atoms with E-state index in [9.17, 15) is 0 Å². The van der Waals surface area contributed by atoms with Crippen LogP contribution in [0.2, 0.25) is 0 Å². The highest BCUT2D eigenvalue weighted by atomic mass is 15.1. The molecule has 92 valence electrons. The molecule has 0 amide bonds. The number of nitrogens with zero attached hydrogens (tertiary/aromatic N) is 1. The van der Waals surface area contributed by atoms with Gasteiger partial charge >= 0.3 is 0 Å². The third-order valence-electron chi connectivity index (χ3n) is 3.66. The van der Waals surface area contributed by atoms with E-state index in [1.807, 2.05) is 0 Å². The first-order chi connectivity index (χ1) is 8.67. The molecule has 0 radical (unpaired) electrons. The fourth-order valence-corrected chi connectivity index (χ4v) is 2.53. The average Bonchev–Trinajstić information content (AvgIpc) is 2.38. The van der Waals surface area contributed by atoms with Crippen molar-refractivity contribution in [1.29, 1.82) is 0 Å². The van der Waals surface area contributed by atoms with Crippen molar-refractivity contribution < 1.29 is 0 Å². The van der Waals surface area contributed by atoms with Crippen LogP contribution in [0.25, 0.3) is 10.8 Å². The third kappa shape index (κ3) is 1.82. The average molecular weight is 239 g/mol. The fraction of sp³-hybridized carbons (Fsp3) is 0.267. The Balaban J connectivity index is 2.11. The van der Waals surface area contributed by atoms with E-state index in [-0.39, 0.29) is 5.54 Å². The van der Waals surface area contributed by atoms with Crippen LogP contribution in [0, 0.1) is 0 Å². The standard InChI is InChI=1S/C15H17N3/c1-15(8-9-17-14(16)18-15)13-7-6-11-4-2-3-5-12(11)10-13/h2-7,10H,8-9H2,1H3,(H3,16,17,18). The first kappa shape index (κ1) is 11.1. The Hall–Kier alpha value is -2.03. The highest BCUT2D eigenvalue weighted by Crippen LogP contribution is 2.32. The van der Waals surface area contributed by atoms with Crippen LogP contribution in [0.15, 0.2) is 47.5 Å². The molecule has 3 heteroatoms. The minimum atomic E-state index is -0.209. The van der Waals surface area contributed by atoms with E-state index in [4.69, 9.17) is 5.73 Å². The quantitative estimate of drug-likeness (QED) is 0.802. The lowest BCUT2D eigenvalue weighted by Crippen LogP contribution is -2.42. The Kier molecular flexibility index (Phi) is 2.47. The molecule has 1 unspecified atom stereocenters. The predicted octanol–water partition coefficient (Wildman–Crippen LogP) is 2.36. The second-order valence-corrected chi connectivity index (χ2v) is 5.01. The van der Waals surface area contributed by atoms with Gasteiger partial charge in [-0.25, -0.2) is 4.99 Å². The van der Waals surface area contributed by atoms with Crippen LogP contribution in [0.4, 0.5) is 0 Å². The summed E-state index contributed by atoms with van der Waals surface area (Å²) in [5.41, 5.74) is 6.82. The molecule has 3 nitrogen and oxygen atoms in total. The Labute approximate surface area is 107 Å². The number of aliphatic imine (C=N–C) groups is 1. The summed E-state index contributed by atoms with van der Waals surface area (Å²) in [6.45, 7) is 3.02. The molecule has 2 aromatic rings. The predicted molar refractivity (Wildman–Crippen MR) is 75.5 cm³/mol. The van der Waals surface area contributed by atoms with Gasteiger partial charge in [-0.3, -0.25) is 0 Å². The van der Waals surface area contributed by atoms with Gasteiger partial charge in [0.05, 0.1) is 5.54 Å². The van der Waals surface area contributed by atoms with Gasteiger partial charge in [0.1, 0.15) is 0 Å². The zero-order chi connectivity index (χ0) is 12.6. The molecular formula is C15H17N3. The maximum absolute atomic E-state index is 5.80. The van der Waals surface area contributed by atoms with Crippen LogP contribution in [0.3, 0.4) is 0 Å². The summed E-state index contributed by atoms with van der Waals surface area (Å²) in [5, 5.41) is 5.59. The van der Waals surface area contributed by atoms with Gasteiger partial charge in [0.15, 0.2) is 5.96 Å². The topological polar surface area (TPSA) is 50.4 Å². The molecule has 1 atom stereocenters. The van der Waals surface area contributed by atoms with E-state index in [2.05, 4.69) is 59.7 Å². The Morgan fingerprint density at radius 1 is 1.17 bits per heavy atom. The molecule has 0 saturated carbocycles. The van der Waals surface area contributed by atoms with Gasteiger partial charge in [-0.2, -0.15) is 0 Å². The second kappa shape index (κ2) is 4.02. The van der Waals surface area contributed by atoms with Gasteiger partial charge in [0.2, 0.25) is 0 Å². The summed E-state index contributed by atoms with van der Waals surface area (Å²) in [4.78, 5) is 4.57. The lowest BCUT2D eigenvalue weighted by molar-refractivity contribution is 0.431. The number of hydrogen-bond donors (Lipinski definition) is 2. The number of nitrogens with two attached hydrogens (primary N) is 1. The zero-order valence-corrected chi connectivity index (χ0v) is 10.5. The van der Waals surface area contributed by atoms with Crippen molar-refractivity contribution >= 4 is 16.7 Å². The molecule has 3 N–H and O–H groups in total. The molecule has 1 aliphatic rings. The summed E-state index contributed by atoms with van der Waals surface area (Å²) >= 11 is 0. The fourth-order valence-electron chi connectivity index (χ4n) is 2.53.